The highest BCUT2D eigenvalue weighted by Gasteiger charge is 2.35. The fourth-order valence-corrected chi connectivity index (χ4v) is 5.58. The second kappa shape index (κ2) is 8.75. The van der Waals surface area contributed by atoms with E-state index >= 15 is 0 Å². The fraction of sp³-hybridized carbons (Fsp3) is 0.478. The number of anilines is 1. The third-order valence-electron chi connectivity index (χ3n) is 5.09. The molecule has 7 nitrogen and oxygen atoms in total. The lowest BCUT2D eigenvalue weighted by molar-refractivity contribution is -0.137. The van der Waals surface area contributed by atoms with Crippen LogP contribution >= 0.6 is 0 Å². The monoisotopic (exact) mass is 499 g/mol. The van der Waals surface area contributed by atoms with Crippen molar-refractivity contribution in [2.24, 2.45) is 5.41 Å². The lowest BCUT2D eigenvalue weighted by atomic mass is 9.81. The summed E-state index contributed by atoms with van der Waals surface area (Å²) in [6, 6.07) is 4.62. The molecule has 0 spiro atoms. The number of benzene rings is 1. The summed E-state index contributed by atoms with van der Waals surface area (Å²) < 4.78 is 71.5. The molecule has 0 aliphatic carbocycles. The van der Waals surface area contributed by atoms with E-state index in [1.54, 1.807) is 0 Å². The fourth-order valence-electron chi connectivity index (χ4n) is 4.14. The van der Waals surface area contributed by atoms with E-state index < -0.39 is 33.2 Å². The molecule has 3 rings (SSSR count). The summed E-state index contributed by atoms with van der Waals surface area (Å²) in [7, 11) is -4.23. The van der Waals surface area contributed by atoms with Crippen molar-refractivity contribution in [3.8, 4) is 5.88 Å². The molecule has 0 saturated heterocycles. The lowest BCUT2D eigenvalue weighted by Gasteiger charge is -2.33. The first kappa shape index (κ1) is 25.8. The van der Waals surface area contributed by atoms with Crippen LogP contribution < -0.4 is 14.4 Å². The van der Waals surface area contributed by atoms with Crippen molar-refractivity contribution < 1.29 is 31.1 Å². The summed E-state index contributed by atoms with van der Waals surface area (Å²) in [4.78, 5) is 16.7. The third kappa shape index (κ3) is 5.81. The molecule has 0 bridgehead atoms. The topological polar surface area (TPSA) is 88.6 Å². The van der Waals surface area contributed by atoms with Gasteiger partial charge in [0.25, 0.3) is 15.9 Å². The number of nitrogens with one attached hydrogen (secondary N) is 1. The number of nitrogens with zero attached hydrogens (tertiary/aromatic N) is 2. The van der Waals surface area contributed by atoms with E-state index in [2.05, 4.69) is 31.1 Å². The van der Waals surface area contributed by atoms with Crippen LogP contribution in [0.2, 0.25) is 0 Å². The van der Waals surface area contributed by atoms with Gasteiger partial charge in [-0.1, -0.05) is 20.8 Å². The van der Waals surface area contributed by atoms with Crippen LogP contribution in [0.3, 0.4) is 0 Å². The molecule has 11 heteroatoms. The zero-order valence-electron chi connectivity index (χ0n) is 19.7. The SMILES string of the molecule is CC(C)(C)CC(C)(C)NC(=O)c1cnc2c(c1)N(S(=O)(=O)c1ccc(C(F)(F)F)cc1)CCO2. The van der Waals surface area contributed by atoms with Crippen LogP contribution in [0.4, 0.5) is 18.9 Å². The van der Waals surface area contributed by atoms with Crippen LogP contribution in [0.15, 0.2) is 41.4 Å². The van der Waals surface area contributed by atoms with Crippen molar-refractivity contribution in [1.82, 2.24) is 10.3 Å². The van der Waals surface area contributed by atoms with Crippen molar-refractivity contribution in [2.45, 2.75) is 57.7 Å². The highest BCUT2D eigenvalue weighted by atomic mass is 32.2. The van der Waals surface area contributed by atoms with Crippen molar-refractivity contribution >= 4 is 21.6 Å². The molecule has 1 aromatic carbocycles. The number of sulfonamides is 1. The van der Waals surface area contributed by atoms with Gasteiger partial charge in [-0.25, -0.2) is 13.4 Å². The van der Waals surface area contributed by atoms with Crippen molar-refractivity contribution in [3.63, 3.8) is 0 Å². The van der Waals surface area contributed by atoms with Crippen molar-refractivity contribution in [2.75, 3.05) is 17.5 Å². The molecular weight excluding hydrogens is 471 g/mol. The summed E-state index contributed by atoms with van der Waals surface area (Å²) >= 11 is 0. The smallest absolute Gasteiger partial charge is 0.416 e. The van der Waals surface area contributed by atoms with Crippen LogP contribution in [0, 0.1) is 5.41 Å². The number of amides is 1. The van der Waals surface area contributed by atoms with E-state index in [0.29, 0.717) is 18.6 Å². The Morgan fingerprint density at radius 1 is 1.12 bits per heavy atom. The third-order valence-corrected chi connectivity index (χ3v) is 6.92. The van der Waals surface area contributed by atoms with E-state index in [4.69, 9.17) is 4.74 Å². The first-order chi connectivity index (χ1) is 15.5. The Morgan fingerprint density at radius 2 is 1.74 bits per heavy atom. The van der Waals surface area contributed by atoms with E-state index in [9.17, 15) is 26.4 Å². The highest BCUT2D eigenvalue weighted by molar-refractivity contribution is 7.92. The van der Waals surface area contributed by atoms with E-state index in [0.717, 1.165) is 16.4 Å². The molecule has 1 aliphatic heterocycles. The maximum atomic E-state index is 13.2. The van der Waals surface area contributed by atoms with Crippen molar-refractivity contribution in [1.29, 1.82) is 0 Å². The molecule has 1 N–H and O–H groups in total. The minimum Gasteiger partial charge on any atom is -0.474 e. The van der Waals surface area contributed by atoms with E-state index in [-0.39, 0.29) is 40.6 Å². The standard InChI is InChI=1S/C23H28F3N3O4S/c1-21(2,3)14-22(4,5)28-19(30)15-12-18-20(27-13-15)33-11-10-29(18)34(31,32)17-8-6-16(7-9-17)23(24,25)26/h6-9,12-13H,10-11,14H2,1-5H3,(H,28,30). The van der Waals surface area contributed by atoms with Gasteiger partial charge in [-0.2, -0.15) is 13.2 Å². The van der Waals surface area contributed by atoms with Gasteiger partial charge in [-0.15, -0.1) is 0 Å². The summed E-state index contributed by atoms with van der Waals surface area (Å²) in [6.45, 7) is 9.88. The summed E-state index contributed by atoms with van der Waals surface area (Å²) in [6.07, 6.45) is -2.59. The molecule has 0 atom stereocenters. The molecule has 1 aliphatic rings. The Balaban J connectivity index is 1.92. The van der Waals surface area contributed by atoms with Crippen LogP contribution in [0.1, 0.15) is 57.0 Å². The number of pyridine rings is 1. The van der Waals surface area contributed by atoms with Gasteiger partial charge in [0.1, 0.15) is 12.3 Å². The lowest BCUT2D eigenvalue weighted by Crippen LogP contribution is -2.46. The maximum Gasteiger partial charge on any atom is 0.416 e. The molecule has 186 valence electrons. The van der Waals surface area contributed by atoms with Gasteiger partial charge in [-0.3, -0.25) is 9.10 Å². The Bertz CT molecular complexity index is 1170. The molecule has 0 saturated carbocycles. The number of carbonyl (C=O) groups is 1. The van der Waals surface area contributed by atoms with Gasteiger partial charge in [0, 0.05) is 11.7 Å². The minimum atomic E-state index is -4.58. The van der Waals surface area contributed by atoms with Gasteiger partial charge < -0.3 is 10.1 Å². The van der Waals surface area contributed by atoms with Gasteiger partial charge in [0.05, 0.1) is 22.6 Å². The molecule has 2 heterocycles. The first-order valence-corrected chi connectivity index (χ1v) is 12.1. The first-order valence-electron chi connectivity index (χ1n) is 10.7. The second-order valence-electron chi connectivity index (χ2n) is 10.1. The Hall–Kier alpha value is -2.82. The molecule has 0 fully saturated rings. The molecule has 0 unspecified atom stereocenters. The predicted molar refractivity (Wildman–Crippen MR) is 121 cm³/mol. The molecule has 0 radical (unpaired) electrons. The number of hydrogen-bond donors (Lipinski definition) is 1. The summed E-state index contributed by atoms with van der Waals surface area (Å²) in [5.41, 5.74) is -1.34. The molecule has 1 aromatic heterocycles. The number of ether oxygens (including phenoxy) is 1. The van der Waals surface area contributed by atoms with Gasteiger partial charge in [-0.05, 0) is 56.0 Å². The quantitative estimate of drug-likeness (QED) is 0.648. The number of hydrogen-bond acceptors (Lipinski definition) is 5. The average Bonchev–Trinajstić information content (AvgIpc) is 2.70. The zero-order valence-corrected chi connectivity index (χ0v) is 20.5. The number of rotatable bonds is 5. The molecular formula is C23H28F3N3O4S. The Kier molecular flexibility index (Phi) is 6.64. The van der Waals surface area contributed by atoms with Crippen molar-refractivity contribution in [3.05, 3.63) is 47.7 Å². The number of aromatic nitrogens is 1. The Morgan fingerprint density at radius 3 is 2.29 bits per heavy atom. The zero-order chi connectivity index (χ0) is 25.5. The minimum absolute atomic E-state index is 0.00399. The number of fused-ring (bicyclic) bond motifs is 1. The number of carbonyl (C=O) groups excluding carboxylic acids is 1. The second-order valence-corrected chi connectivity index (χ2v) is 11.9. The maximum absolute atomic E-state index is 13.2. The normalized spacial score (nSPS) is 14.9. The van der Waals surface area contributed by atoms with E-state index in [1.807, 2.05) is 13.8 Å². The highest BCUT2D eigenvalue weighted by Crippen LogP contribution is 2.36. The molecule has 1 amide bonds. The van der Waals surface area contributed by atoms with E-state index in [1.165, 1.54) is 12.3 Å². The van der Waals surface area contributed by atoms with Gasteiger partial charge in [0.2, 0.25) is 5.88 Å². The van der Waals surface area contributed by atoms with Crippen LogP contribution in [0.25, 0.3) is 0 Å². The predicted octanol–water partition coefficient (Wildman–Crippen LogP) is 4.63. The van der Waals surface area contributed by atoms with Gasteiger partial charge in [0.15, 0.2) is 0 Å². The molecule has 34 heavy (non-hydrogen) atoms. The van der Waals surface area contributed by atoms with Crippen LogP contribution in [-0.2, 0) is 16.2 Å². The number of halogens is 3. The molecule has 2 aromatic rings. The summed E-state index contributed by atoms with van der Waals surface area (Å²) in [5, 5.41) is 2.95. The van der Waals surface area contributed by atoms with Crippen LogP contribution in [-0.4, -0.2) is 38.0 Å². The Labute approximate surface area is 197 Å². The average molecular weight is 500 g/mol. The van der Waals surface area contributed by atoms with Gasteiger partial charge >= 0.3 is 6.18 Å². The number of alkyl halides is 3. The largest absolute Gasteiger partial charge is 0.474 e. The summed E-state index contributed by atoms with van der Waals surface area (Å²) in [5.74, 6) is -0.408. The van der Waals surface area contributed by atoms with Crippen LogP contribution in [0.5, 0.6) is 5.88 Å².